The van der Waals surface area contributed by atoms with Crippen LogP contribution in [0.2, 0.25) is 0 Å². The fourth-order valence-corrected chi connectivity index (χ4v) is 4.23. The first-order valence-electron chi connectivity index (χ1n) is 10.5. The van der Waals surface area contributed by atoms with Gasteiger partial charge >= 0.3 is 0 Å². The van der Waals surface area contributed by atoms with Crippen molar-refractivity contribution in [2.75, 3.05) is 27.3 Å². The van der Waals surface area contributed by atoms with Crippen molar-refractivity contribution in [3.05, 3.63) is 53.2 Å². The fraction of sp³-hybridized carbons (Fsp3) is 0.348. The third kappa shape index (κ3) is 4.01. The van der Waals surface area contributed by atoms with Crippen LogP contribution in [0.25, 0.3) is 22.6 Å². The summed E-state index contributed by atoms with van der Waals surface area (Å²) in [6.45, 7) is 2.37. The number of oxazole rings is 1. The number of hydrogen-bond donors (Lipinski definition) is 0. The Labute approximate surface area is 190 Å². The molecule has 2 aromatic carbocycles. The Morgan fingerprint density at radius 2 is 1.88 bits per heavy atom. The number of hydrogen-bond acceptors (Lipinski definition) is 8. The SMILES string of the molecule is COc1ccc(-c2nn(CN3CCC(c4nc5ccccc5o4)CC3)c(=S)o2)c(OC)c1. The van der Waals surface area contributed by atoms with Crippen LogP contribution in [0.4, 0.5) is 0 Å². The average molecular weight is 453 g/mol. The molecule has 0 bridgehead atoms. The molecule has 2 aromatic heterocycles. The number of methoxy groups -OCH3 is 2. The number of fused-ring (bicyclic) bond motifs is 1. The van der Waals surface area contributed by atoms with E-state index in [2.05, 4.69) is 15.0 Å². The van der Waals surface area contributed by atoms with Gasteiger partial charge in [-0.15, -0.1) is 5.10 Å². The van der Waals surface area contributed by atoms with Crippen LogP contribution in [-0.4, -0.2) is 47.0 Å². The normalized spacial score (nSPS) is 15.3. The van der Waals surface area contributed by atoms with Gasteiger partial charge in [0.1, 0.15) is 17.0 Å². The predicted octanol–water partition coefficient (Wildman–Crippen LogP) is 4.87. The van der Waals surface area contributed by atoms with E-state index in [-0.39, 0.29) is 0 Å². The fourth-order valence-electron chi connectivity index (χ4n) is 4.06. The van der Waals surface area contributed by atoms with Crippen molar-refractivity contribution in [2.24, 2.45) is 0 Å². The highest BCUT2D eigenvalue weighted by molar-refractivity contribution is 7.71. The lowest BCUT2D eigenvalue weighted by Gasteiger charge is -2.29. The van der Waals surface area contributed by atoms with E-state index >= 15 is 0 Å². The molecular formula is C23H24N4O4S. The Bertz CT molecular complexity index is 1250. The highest BCUT2D eigenvalue weighted by atomic mass is 32.1. The van der Waals surface area contributed by atoms with Gasteiger partial charge in [-0.2, -0.15) is 0 Å². The van der Waals surface area contributed by atoms with Crippen molar-refractivity contribution < 1.29 is 18.3 Å². The van der Waals surface area contributed by atoms with Crippen molar-refractivity contribution in [3.8, 4) is 23.0 Å². The van der Waals surface area contributed by atoms with Gasteiger partial charge in [0.15, 0.2) is 11.5 Å². The number of para-hydroxylation sites is 2. The molecule has 1 aliphatic rings. The Hall–Kier alpha value is -3.17. The second-order valence-corrected chi connectivity index (χ2v) is 8.14. The number of piperidine rings is 1. The number of rotatable bonds is 6. The van der Waals surface area contributed by atoms with Crippen molar-refractivity contribution in [1.82, 2.24) is 19.7 Å². The number of likely N-dealkylation sites (tertiary alicyclic amines) is 1. The summed E-state index contributed by atoms with van der Waals surface area (Å²) < 4.78 is 24.2. The first-order valence-corrected chi connectivity index (χ1v) is 10.9. The Kier molecular flexibility index (Phi) is 5.67. The molecule has 32 heavy (non-hydrogen) atoms. The van der Waals surface area contributed by atoms with E-state index in [1.54, 1.807) is 25.0 Å². The van der Waals surface area contributed by atoms with Crippen molar-refractivity contribution >= 4 is 23.3 Å². The van der Waals surface area contributed by atoms with Crippen LogP contribution in [-0.2, 0) is 6.67 Å². The number of ether oxygens (including phenoxy) is 2. The summed E-state index contributed by atoms with van der Waals surface area (Å²) in [5, 5.41) is 4.60. The molecule has 0 radical (unpaired) electrons. The summed E-state index contributed by atoms with van der Waals surface area (Å²) in [7, 11) is 3.22. The molecule has 0 saturated carbocycles. The molecular weight excluding hydrogens is 428 g/mol. The van der Waals surface area contributed by atoms with Gasteiger partial charge in [0, 0.05) is 25.1 Å². The highest BCUT2D eigenvalue weighted by Gasteiger charge is 2.25. The van der Waals surface area contributed by atoms with E-state index < -0.39 is 0 Å². The molecule has 0 aliphatic carbocycles. The van der Waals surface area contributed by atoms with Gasteiger partial charge in [-0.3, -0.25) is 4.90 Å². The lowest BCUT2D eigenvalue weighted by atomic mass is 9.97. The summed E-state index contributed by atoms with van der Waals surface area (Å²) in [5.74, 6) is 2.90. The maximum Gasteiger partial charge on any atom is 0.288 e. The van der Waals surface area contributed by atoms with Gasteiger partial charge in [0.2, 0.25) is 0 Å². The second kappa shape index (κ2) is 8.76. The Morgan fingerprint density at radius 1 is 1.06 bits per heavy atom. The van der Waals surface area contributed by atoms with Crippen LogP contribution < -0.4 is 9.47 Å². The molecule has 8 nitrogen and oxygen atoms in total. The molecule has 4 aromatic rings. The topological polar surface area (TPSA) is 78.7 Å². The minimum Gasteiger partial charge on any atom is -0.497 e. The Balaban J connectivity index is 1.27. The van der Waals surface area contributed by atoms with Gasteiger partial charge in [-0.1, -0.05) is 12.1 Å². The van der Waals surface area contributed by atoms with Crippen molar-refractivity contribution in [2.45, 2.75) is 25.4 Å². The van der Waals surface area contributed by atoms with E-state index in [9.17, 15) is 0 Å². The van der Waals surface area contributed by atoms with Crippen LogP contribution in [0.1, 0.15) is 24.7 Å². The quantitative estimate of drug-likeness (QED) is 0.384. The molecule has 0 spiro atoms. The molecule has 0 unspecified atom stereocenters. The van der Waals surface area contributed by atoms with E-state index in [0.29, 0.717) is 34.8 Å². The largest absolute Gasteiger partial charge is 0.497 e. The summed E-state index contributed by atoms with van der Waals surface area (Å²) in [5.41, 5.74) is 2.49. The third-order valence-corrected chi connectivity index (χ3v) is 6.12. The molecule has 1 fully saturated rings. The van der Waals surface area contributed by atoms with Gasteiger partial charge in [0.05, 0.1) is 26.5 Å². The zero-order valence-electron chi connectivity index (χ0n) is 18.0. The first-order chi connectivity index (χ1) is 15.6. The van der Waals surface area contributed by atoms with Gasteiger partial charge in [-0.25, -0.2) is 9.67 Å². The predicted molar refractivity (Wildman–Crippen MR) is 121 cm³/mol. The molecule has 0 N–H and O–H groups in total. The van der Waals surface area contributed by atoms with Gasteiger partial charge in [-0.05, 0) is 49.3 Å². The minimum atomic E-state index is 0.322. The van der Waals surface area contributed by atoms with Crippen LogP contribution >= 0.6 is 12.2 Å². The van der Waals surface area contributed by atoms with Crippen molar-refractivity contribution in [3.63, 3.8) is 0 Å². The smallest absolute Gasteiger partial charge is 0.288 e. The molecule has 5 rings (SSSR count). The van der Waals surface area contributed by atoms with E-state index in [0.717, 1.165) is 48.5 Å². The number of nitrogens with zero attached hydrogens (tertiary/aromatic N) is 4. The van der Waals surface area contributed by atoms with Crippen LogP contribution in [0.15, 0.2) is 51.3 Å². The molecule has 166 valence electrons. The van der Waals surface area contributed by atoms with Gasteiger partial charge < -0.3 is 18.3 Å². The summed E-state index contributed by atoms with van der Waals surface area (Å²) in [4.78, 5) is 7.31. The summed E-state index contributed by atoms with van der Waals surface area (Å²) >= 11 is 5.42. The Morgan fingerprint density at radius 3 is 2.62 bits per heavy atom. The number of benzene rings is 2. The van der Waals surface area contributed by atoms with Crippen LogP contribution in [0.3, 0.4) is 0 Å². The van der Waals surface area contributed by atoms with Crippen LogP contribution in [0, 0.1) is 4.84 Å². The summed E-state index contributed by atoms with van der Waals surface area (Å²) in [6, 6.07) is 13.4. The average Bonchev–Trinajstić information content (AvgIpc) is 3.42. The lowest BCUT2D eigenvalue weighted by molar-refractivity contribution is 0.152. The highest BCUT2D eigenvalue weighted by Crippen LogP contribution is 2.33. The maximum atomic E-state index is 5.97. The zero-order valence-corrected chi connectivity index (χ0v) is 18.8. The molecule has 1 saturated heterocycles. The van der Waals surface area contributed by atoms with Crippen LogP contribution in [0.5, 0.6) is 11.5 Å². The minimum absolute atomic E-state index is 0.322. The monoisotopic (exact) mass is 452 g/mol. The molecule has 0 atom stereocenters. The van der Waals surface area contributed by atoms with E-state index in [4.69, 9.17) is 30.5 Å². The third-order valence-electron chi connectivity index (χ3n) is 5.83. The first kappa shape index (κ1) is 20.7. The second-order valence-electron chi connectivity index (χ2n) is 7.79. The van der Waals surface area contributed by atoms with Gasteiger partial charge in [0.25, 0.3) is 10.7 Å². The summed E-state index contributed by atoms with van der Waals surface area (Å²) in [6.07, 6.45) is 1.94. The van der Waals surface area contributed by atoms with E-state index in [1.807, 2.05) is 36.4 Å². The molecule has 0 amide bonds. The molecule has 3 heterocycles. The lowest BCUT2D eigenvalue weighted by Crippen LogP contribution is -2.34. The number of aromatic nitrogens is 3. The molecule has 1 aliphatic heterocycles. The standard InChI is InChI=1S/C23H24N4O4S/c1-28-16-7-8-17(20(13-16)29-2)22-25-27(23(32)31-22)14-26-11-9-15(10-12-26)21-24-18-5-3-4-6-19(18)30-21/h3-8,13,15H,9-12,14H2,1-2H3. The zero-order chi connectivity index (χ0) is 22.1. The molecule has 9 heteroatoms. The van der Waals surface area contributed by atoms with Crippen molar-refractivity contribution in [1.29, 1.82) is 0 Å². The maximum absolute atomic E-state index is 5.97. The van der Waals surface area contributed by atoms with E-state index in [1.165, 1.54) is 0 Å².